The average Bonchev–Trinajstić information content (AvgIpc) is 3.25. The van der Waals surface area contributed by atoms with E-state index in [-0.39, 0.29) is 17.4 Å². The number of hydrogen-bond acceptors (Lipinski definition) is 6. The molecule has 3 aliphatic rings. The Hall–Kier alpha value is -2.24. The summed E-state index contributed by atoms with van der Waals surface area (Å²) in [6.07, 6.45) is 2.38. The molecule has 3 saturated heterocycles. The summed E-state index contributed by atoms with van der Waals surface area (Å²) in [6.45, 7) is 6.85. The van der Waals surface area contributed by atoms with E-state index < -0.39 is 12.1 Å². The number of aromatic nitrogens is 1. The highest BCUT2D eigenvalue weighted by Gasteiger charge is 2.40. The summed E-state index contributed by atoms with van der Waals surface area (Å²) in [5.74, 6) is -2.56. The predicted octanol–water partition coefficient (Wildman–Crippen LogP) is 2.33. The smallest absolute Gasteiger partial charge is 0.475 e. The van der Waals surface area contributed by atoms with Crippen LogP contribution in [0.2, 0.25) is 0 Å². The summed E-state index contributed by atoms with van der Waals surface area (Å²) in [5.41, 5.74) is 1.40. The number of pyridine rings is 1. The van der Waals surface area contributed by atoms with Crippen LogP contribution in [0.4, 0.5) is 13.2 Å². The van der Waals surface area contributed by atoms with Gasteiger partial charge in [-0.15, -0.1) is 0 Å². The van der Waals surface area contributed by atoms with Gasteiger partial charge in [0, 0.05) is 57.1 Å². The molecule has 0 aromatic carbocycles. The molecule has 8 nitrogen and oxygen atoms in total. The second-order valence-corrected chi connectivity index (χ2v) is 8.75. The number of carbonyl (C=O) groups is 2. The molecule has 1 spiro atoms. The molecular formula is C22H30F3N3O5. The number of nitrogens with zero attached hydrogens (tertiary/aromatic N) is 3. The molecule has 1 amide bonds. The van der Waals surface area contributed by atoms with Crippen molar-refractivity contribution in [3.8, 4) is 0 Å². The van der Waals surface area contributed by atoms with Gasteiger partial charge >= 0.3 is 12.1 Å². The van der Waals surface area contributed by atoms with Crippen molar-refractivity contribution in [2.24, 2.45) is 5.41 Å². The van der Waals surface area contributed by atoms with Crippen molar-refractivity contribution in [3.63, 3.8) is 0 Å². The van der Waals surface area contributed by atoms with Crippen molar-refractivity contribution in [2.75, 3.05) is 46.0 Å². The molecular weight excluding hydrogens is 443 g/mol. The fourth-order valence-electron chi connectivity index (χ4n) is 4.45. The van der Waals surface area contributed by atoms with Crippen molar-refractivity contribution < 1.29 is 37.3 Å². The van der Waals surface area contributed by atoms with Crippen LogP contribution >= 0.6 is 0 Å². The van der Waals surface area contributed by atoms with Gasteiger partial charge in [-0.2, -0.15) is 13.2 Å². The summed E-state index contributed by atoms with van der Waals surface area (Å²) in [5, 5.41) is 7.12. The van der Waals surface area contributed by atoms with E-state index in [9.17, 15) is 18.0 Å². The molecule has 4 heterocycles. The predicted molar refractivity (Wildman–Crippen MR) is 111 cm³/mol. The van der Waals surface area contributed by atoms with Crippen molar-refractivity contribution in [2.45, 2.75) is 44.5 Å². The molecule has 1 atom stereocenters. The largest absolute Gasteiger partial charge is 0.490 e. The zero-order valence-corrected chi connectivity index (χ0v) is 18.4. The van der Waals surface area contributed by atoms with Gasteiger partial charge in [0.15, 0.2) is 0 Å². The fraction of sp³-hybridized carbons (Fsp3) is 0.682. The Bertz CT molecular complexity index is 779. The second-order valence-electron chi connectivity index (χ2n) is 8.75. The van der Waals surface area contributed by atoms with Crippen molar-refractivity contribution in [3.05, 3.63) is 30.1 Å². The van der Waals surface area contributed by atoms with Gasteiger partial charge in [0.1, 0.15) is 6.10 Å². The first kappa shape index (κ1) is 25.4. The van der Waals surface area contributed by atoms with E-state index in [0.29, 0.717) is 0 Å². The molecule has 1 aromatic rings. The fourth-order valence-corrected chi connectivity index (χ4v) is 4.45. The van der Waals surface area contributed by atoms with Gasteiger partial charge in [-0.1, -0.05) is 6.07 Å². The SMILES string of the molecule is O=C(C1CCCO1)N1CCC2(CC1)COCCN(Cc1cccnc1)C2.O=C(O)C(F)(F)F. The molecule has 0 radical (unpaired) electrons. The molecule has 1 N–H and O–H groups in total. The summed E-state index contributed by atoms with van der Waals surface area (Å²) in [4.78, 5) is 30.2. The molecule has 3 fully saturated rings. The van der Waals surface area contributed by atoms with Crippen molar-refractivity contribution in [1.29, 1.82) is 0 Å². The standard InChI is InChI=1S/C20H29N3O3.C2HF3O2/c24-19(18-4-2-11-26-18)23-8-5-20(6-9-23)15-22(10-12-25-16-20)14-17-3-1-7-21-13-17;3-2(4,5)1(6)7/h1,3,7,13,18H,2,4-6,8-12,14-16H2;(H,6,7). The number of carboxylic acids is 1. The van der Waals surface area contributed by atoms with E-state index in [2.05, 4.69) is 16.0 Å². The summed E-state index contributed by atoms with van der Waals surface area (Å²) < 4.78 is 43.3. The number of rotatable bonds is 3. The lowest BCUT2D eigenvalue weighted by Crippen LogP contribution is -2.50. The second kappa shape index (κ2) is 11.3. The molecule has 11 heteroatoms. The first-order valence-electron chi connectivity index (χ1n) is 11.1. The lowest BCUT2D eigenvalue weighted by atomic mass is 9.78. The molecule has 33 heavy (non-hydrogen) atoms. The third-order valence-electron chi connectivity index (χ3n) is 6.23. The number of ether oxygens (including phenoxy) is 2. The number of halogens is 3. The lowest BCUT2D eigenvalue weighted by molar-refractivity contribution is -0.192. The Kier molecular flexibility index (Phi) is 8.66. The molecule has 1 unspecified atom stereocenters. The maximum Gasteiger partial charge on any atom is 0.490 e. The van der Waals surface area contributed by atoms with Gasteiger partial charge in [-0.25, -0.2) is 4.79 Å². The number of alkyl halides is 3. The minimum absolute atomic E-state index is 0.159. The Morgan fingerprint density at radius 1 is 1.21 bits per heavy atom. The van der Waals surface area contributed by atoms with E-state index in [0.717, 1.165) is 78.2 Å². The zero-order chi connectivity index (χ0) is 23.9. The van der Waals surface area contributed by atoms with E-state index in [1.165, 1.54) is 5.56 Å². The van der Waals surface area contributed by atoms with Crippen LogP contribution in [-0.2, 0) is 25.6 Å². The highest BCUT2D eigenvalue weighted by Crippen LogP contribution is 2.35. The number of likely N-dealkylation sites (tertiary alicyclic amines) is 1. The third kappa shape index (κ3) is 7.38. The normalized spacial score (nSPS) is 23.5. The maximum atomic E-state index is 12.6. The molecule has 0 aliphatic carbocycles. The summed E-state index contributed by atoms with van der Waals surface area (Å²) >= 11 is 0. The quantitative estimate of drug-likeness (QED) is 0.721. The van der Waals surface area contributed by atoms with Gasteiger partial charge in [0.25, 0.3) is 5.91 Å². The first-order chi connectivity index (χ1) is 15.7. The summed E-state index contributed by atoms with van der Waals surface area (Å²) in [6, 6.07) is 4.13. The monoisotopic (exact) mass is 473 g/mol. The van der Waals surface area contributed by atoms with Gasteiger partial charge in [-0.3, -0.25) is 14.7 Å². The van der Waals surface area contributed by atoms with Gasteiger partial charge in [-0.05, 0) is 37.3 Å². The Morgan fingerprint density at radius 2 is 1.94 bits per heavy atom. The van der Waals surface area contributed by atoms with Crippen LogP contribution < -0.4 is 0 Å². The van der Waals surface area contributed by atoms with Gasteiger partial charge < -0.3 is 19.5 Å². The number of carbonyl (C=O) groups excluding carboxylic acids is 1. The molecule has 184 valence electrons. The molecule has 4 rings (SSSR count). The highest BCUT2D eigenvalue weighted by molar-refractivity contribution is 5.81. The molecule has 0 bridgehead atoms. The van der Waals surface area contributed by atoms with Crippen LogP contribution in [0.1, 0.15) is 31.2 Å². The van der Waals surface area contributed by atoms with E-state index in [1.54, 1.807) is 0 Å². The first-order valence-corrected chi connectivity index (χ1v) is 11.1. The van der Waals surface area contributed by atoms with Crippen molar-refractivity contribution in [1.82, 2.24) is 14.8 Å². The highest BCUT2D eigenvalue weighted by atomic mass is 19.4. The van der Waals surface area contributed by atoms with E-state index in [1.807, 2.05) is 23.4 Å². The minimum Gasteiger partial charge on any atom is -0.475 e. The van der Waals surface area contributed by atoms with Crippen LogP contribution in [0.25, 0.3) is 0 Å². The molecule has 0 saturated carbocycles. The average molecular weight is 473 g/mol. The van der Waals surface area contributed by atoms with Crippen LogP contribution in [-0.4, -0.2) is 90.0 Å². The number of amides is 1. The van der Waals surface area contributed by atoms with Crippen LogP contribution in [0.15, 0.2) is 24.5 Å². The van der Waals surface area contributed by atoms with E-state index in [4.69, 9.17) is 19.4 Å². The maximum absolute atomic E-state index is 12.6. The van der Waals surface area contributed by atoms with E-state index >= 15 is 0 Å². The number of piperidine rings is 1. The number of hydrogen-bond donors (Lipinski definition) is 1. The topological polar surface area (TPSA) is 92.2 Å². The minimum atomic E-state index is -5.08. The zero-order valence-electron chi connectivity index (χ0n) is 18.4. The van der Waals surface area contributed by atoms with Crippen molar-refractivity contribution >= 4 is 11.9 Å². The Labute approximate surface area is 190 Å². The number of aliphatic carboxylic acids is 1. The van der Waals surface area contributed by atoms with Gasteiger partial charge in [0.2, 0.25) is 0 Å². The van der Waals surface area contributed by atoms with Crippen LogP contribution in [0, 0.1) is 5.41 Å². The third-order valence-corrected chi connectivity index (χ3v) is 6.23. The van der Waals surface area contributed by atoms with Crippen LogP contribution in [0.3, 0.4) is 0 Å². The lowest BCUT2D eigenvalue weighted by Gasteiger charge is -2.43. The number of carboxylic acid groups (broad SMARTS) is 1. The summed E-state index contributed by atoms with van der Waals surface area (Å²) in [7, 11) is 0. The Morgan fingerprint density at radius 3 is 2.52 bits per heavy atom. The Balaban J connectivity index is 0.000000383. The van der Waals surface area contributed by atoms with Crippen LogP contribution in [0.5, 0.6) is 0 Å². The molecule has 1 aromatic heterocycles. The molecule has 3 aliphatic heterocycles. The van der Waals surface area contributed by atoms with Gasteiger partial charge in [0.05, 0.1) is 13.2 Å².